The van der Waals surface area contributed by atoms with E-state index >= 15 is 0 Å². The summed E-state index contributed by atoms with van der Waals surface area (Å²) in [5, 5.41) is 15.2. The maximum atomic E-state index is 13.3. The molecule has 5 aromatic rings. The molecule has 1 unspecified atom stereocenters. The summed E-state index contributed by atoms with van der Waals surface area (Å²) in [6.07, 6.45) is 0. The number of nitrogens with one attached hydrogen (secondary N) is 2. The van der Waals surface area contributed by atoms with Crippen LogP contribution in [0.4, 0.5) is 4.39 Å². The van der Waals surface area contributed by atoms with E-state index < -0.39 is 0 Å². The van der Waals surface area contributed by atoms with Gasteiger partial charge in [0.1, 0.15) is 31.2 Å². The van der Waals surface area contributed by atoms with Crippen molar-refractivity contribution in [3.63, 3.8) is 0 Å². The van der Waals surface area contributed by atoms with E-state index in [1.165, 1.54) is 17.0 Å². The van der Waals surface area contributed by atoms with Crippen molar-refractivity contribution in [1.29, 1.82) is 0 Å². The number of rotatable bonds is 9. The number of aromatic nitrogens is 5. The van der Waals surface area contributed by atoms with Crippen LogP contribution in [0.5, 0.6) is 5.75 Å². The first-order chi connectivity index (χ1) is 17.1. The van der Waals surface area contributed by atoms with E-state index in [2.05, 4.69) is 26.6 Å². The molecule has 1 atom stereocenters. The van der Waals surface area contributed by atoms with Crippen LogP contribution in [0.25, 0.3) is 10.9 Å². The summed E-state index contributed by atoms with van der Waals surface area (Å²) in [7, 11) is 1.62. The van der Waals surface area contributed by atoms with Crippen molar-refractivity contribution in [3.8, 4) is 5.75 Å². The number of thiophene rings is 1. The minimum absolute atomic E-state index is 0.114. The summed E-state index contributed by atoms with van der Waals surface area (Å²) in [4.78, 5) is 18.2. The lowest BCUT2D eigenvalue weighted by atomic mass is 10.1. The molecule has 0 spiro atoms. The summed E-state index contributed by atoms with van der Waals surface area (Å²) in [5.74, 6) is 1.15. The first-order valence-corrected chi connectivity index (χ1v) is 12.0. The molecule has 2 aromatic carbocycles. The number of nitrogens with zero attached hydrogens (tertiary/aromatic N) is 4. The van der Waals surface area contributed by atoms with Crippen LogP contribution < -0.4 is 15.2 Å². The fourth-order valence-electron chi connectivity index (χ4n) is 4.06. The van der Waals surface area contributed by atoms with Crippen LogP contribution in [0, 0.1) is 5.82 Å². The average molecular weight is 492 g/mol. The molecule has 0 bridgehead atoms. The van der Waals surface area contributed by atoms with Crippen LogP contribution in [-0.2, 0) is 26.2 Å². The predicted octanol–water partition coefficient (Wildman–Crippen LogP) is 2.56. The Hall–Kier alpha value is -3.89. The Bertz CT molecular complexity index is 1480. The van der Waals surface area contributed by atoms with E-state index in [1.807, 2.05) is 35.7 Å². The molecule has 3 heterocycles. The number of halogens is 1. The van der Waals surface area contributed by atoms with E-state index in [4.69, 9.17) is 4.74 Å². The first kappa shape index (κ1) is 22.9. The highest BCUT2D eigenvalue weighted by molar-refractivity contribution is 7.09. The predicted molar refractivity (Wildman–Crippen MR) is 131 cm³/mol. The fraction of sp³-hybridized carbons (Fsp3) is 0.200. The van der Waals surface area contributed by atoms with E-state index in [0.717, 1.165) is 33.7 Å². The Morgan fingerprint density at radius 3 is 2.71 bits per heavy atom. The van der Waals surface area contributed by atoms with Gasteiger partial charge in [0.25, 0.3) is 5.56 Å². The zero-order valence-electron chi connectivity index (χ0n) is 19.1. The molecule has 5 rings (SSSR count). The third kappa shape index (κ3) is 5.44. The van der Waals surface area contributed by atoms with Crippen molar-refractivity contribution >= 4 is 22.2 Å². The van der Waals surface area contributed by atoms with Gasteiger partial charge in [0.2, 0.25) is 5.82 Å². The SMILES string of the molecule is COc1ccc2[nH]c(=O)c(C[NH+](Cc3cccs3)Cc3nnnn3Cc3ccc(F)cc3)cc2c1. The van der Waals surface area contributed by atoms with Gasteiger partial charge in [-0.2, -0.15) is 0 Å². The van der Waals surface area contributed by atoms with Gasteiger partial charge < -0.3 is 14.6 Å². The molecule has 178 valence electrons. The average Bonchev–Trinajstić information content (AvgIpc) is 3.53. The molecule has 0 aliphatic heterocycles. The summed E-state index contributed by atoms with van der Waals surface area (Å²) in [6.45, 7) is 2.16. The summed E-state index contributed by atoms with van der Waals surface area (Å²) >= 11 is 1.68. The van der Waals surface area contributed by atoms with Crippen molar-refractivity contribution in [2.45, 2.75) is 26.2 Å². The zero-order chi connectivity index (χ0) is 24.2. The number of H-pyrrole nitrogens is 1. The third-order valence-electron chi connectivity index (χ3n) is 5.83. The second-order valence-electron chi connectivity index (χ2n) is 8.32. The summed E-state index contributed by atoms with van der Waals surface area (Å²) < 4.78 is 20.4. The number of hydrogen-bond donors (Lipinski definition) is 2. The topological polar surface area (TPSA) is 90.1 Å². The molecule has 0 saturated carbocycles. The standard InChI is InChI=1S/C25H23FN6O2S/c1-34-21-8-9-23-18(12-21)11-19(25(33)27-23)14-31(15-22-3-2-10-35-22)16-24-28-29-30-32(24)13-17-4-6-20(26)7-5-17/h2-12H,13-16H2,1H3,(H,27,33)/p+1. The van der Waals surface area contributed by atoms with Gasteiger partial charge in [-0.3, -0.25) is 4.79 Å². The maximum absolute atomic E-state index is 13.3. The number of benzene rings is 2. The monoisotopic (exact) mass is 491 g/mol. The Kier molecular flexibility index (Phi) is 6.64. The van der Waals surface area contributed by atoms with Gasteiger partial charge in [0.15, 0.2) is 0 Å². The zero-order valence-corrected chi connectivity index (χ0v) is 19.9. The van der Waals surface area contributed by atoms with Crippen LogP contribution in [0.3, 0.4) is 0 Å². The van der Waals surface area contributed by atoms with Gasteiger partial charge in [-0.1, -0.05) is 18.2 Å². The van der Waals surface area contributed by atoms with Gasteiger partial charge in [-0.05, 0) is 63.8 Å². The van der Waals surface area contributed by atoms with Crippen molar-refractivity contribution < 1.29 is 14.0 Å². The lowest BCUT2D eigenvalue weighted by Gasteiger charge is -2.18. The smallest absolute Gasteiger partial charge is 0.257 e. The molecule has 3 aromatic heterocycles. The molecule has 0 aliphatic carbocycles. The molecule has 35 heavy (non-hydrogen) atoms. The van der Waals surface area contributed by atoms with E-state index in [9.17, 15) is 9.18 Å². The summed E-state index contributed by atoms with van der Waals surface area (Å²) in [5.41, 5.74) is 2.23. The number of pyridine rings is 1. The van der Waals surface area contributed by atoms with Crippen molar-refractivity contribution in [1.82, 2.24) is 25.2 Å². The Morgan fingerprint density at radius 2 is 1.94 bits per heavy atom. The third-order valence-corrected chi connectivity index (χ3v) is 6.71. The van der Waals surface area contributed by atoms with Gasteiger partial charge >= 0.3 is 0 Å². The number of methoxy groups -OCH3 is 1. The molecule has 0 saturated heterocycles. The van der Waals surface area contributed by atoms with Crippen LogP contribution in [0.1, 0.15) is 21.8 Å². The van der Waals surface area contributed by atoms with Gasteiger partial charge in [-0.15, -0.1) is 16.4 Å². The van der Waals surface area contributed by atoms with E-state index in [1.54, 1.807) is 35.3 Å². The Morgan fingerprint density at radius 1 is 1.09 bits per heavy atom. The Balaban J connectivity index is 1.42. The van der Waals surface area contributed by atoms with Gasteiger partial charge in [0, 0.05) is 10.9 Å². The largest absolute Gasteiger partial charge is 0.497 e. The lowest BCUT2D eigenvalue weighted by molar-refractivity contribution is -0.941. The second kappa shape index (κ2) is 10.2. The van der Waals surface area contributed by atoms with Crippen LogP contribution in [0.2, 0.25) is 0 Å². The number of quaternary nitrogens is 1. The highest BCUT2D eigenvalue weighted by Gasteiger charge is 2.19. The van der Waals surface area contributed by atoms with Gasteiger partial charge in [-0.25, -0.2) is 9.07 Å². The van der Waals surface area contributed by atoms with Crippen LogP contribution in [-0.4, -0.2) is 32.3 Å². The molecule has 0 amide bonds. The van der Waals surface area contributed by atoms with Crippen molar-refractivity contribution in [2.75, 3.05) is 7.11 Å². The number of aromatic amines is 1. The summed E-state index contributed by atoms with van der Waals surface area (Å²) in [6, 6.07) is 17.9. The second-order valence-corrected chi connectivity index (χ2v) is 9.35. The molecule has 0 radical (unpaired) electrons. The quantitative estimate of drug-likeness (QED) is 0.331. The molecule has 0 fully saturated rings. The van der Waals surface area contributed by atoms with Crippen molar-refractivity contribution in [2.24, 2.45) is 0 Å². The minimum atomic E-state index is -0.282. The van der Waals surface area contributed by atoms with Crippen LogP contribution >= 0.6 is 11.3 Å². The minimum Gasteiger partial charge on any atom is -0.497 e. The number of fused-ring (bicyclic) bond motifs is 1. The first-order valence-electron chi connectivity index (χ1n) is 11.1. The van der Waals surface area contributed by atoms with Gasteiger partial charge in [0.05, 0.1) is 24.1 Å². The molecular formula is C25H24FN6O2S+. The normalized spacial score (nSPS) is 12.2. The number of tetrazole rings is 1. The highest BCUT2D eigenvalue weighted by atomic mass is 32.1. The van der Waals surface area contributed by atoms with Crippen molar-refractivity contribution in [3.05, 3.63) is 104 Å². The number of hydrogen-bond acceptors (Lipinski definition) is 6. The molecule has 2 N–H and O–H groups in total. The molecule has 10 heteroatoms. The Labute approximate surface area is 204 Å². The fourth-order valence-corrected chi connectivity index (χ4v) is 4.84. The van der Waals surface area contributed by atoms with E-state index in [-0.39, 0.29) is 11.4 Å². The lowest BCUT2D eigenvalue weighted by Crippen LogP contribution is -3.08. The molecule has 0 aliphatic rings. The van der Waals surface area contributed by atoms with Crippen LogP contribution in [0.15, 0.2) is 70.8 Å². The maximum Gasteiger partial charge on any atom is 0.257 e. The molecule has 8 nitrogen and oxygen atoms in total. The highest BCUT2D eigenvalue weighted by Crippen LogP contribution is 2.18. The molecular weight excluding hydrogens is 467 g/mol. The van der Waals surface area contributed by atoms with E-state index in [0.29, 0.717) is 31.0 Å². The number of ether oxygens (including phenoxy) is 1.